The Morgan fingerprint density at radius 1 is 1.10 bits per heavy atom. The predicted octanol–water partition coefficient (Wildman–Crippen LogP) is 2.77. The van der Waals surface area contributed by atoms with Gasteiger partial charge in [-0.15, -0.1) is 11.3 Å². The zero-order valence-electron chi connectivity index (χ0n) is 17.0. The summed E-state index contributed by atoms with van der Waals surface area (Å²) in [4.78, 5) is 16.3. The van der Waals surface area contributed by atoms with Crippen molar-refractivity contribution in [2.45, 2.75) is 13.8 Å². The van der Waals surface area contributed by atoms with Gasteiger partial charge in [0.05, 0.1) is 7.11 Å². The molecule has 0 saturated carbocycles. The Hall–Kier alpha value is -1.94. The van der Waals surface area contributed by atoms with Crippen LogP contribution in [0.4, 0.5) is 0 Å². The molecule has 0 aliphatic carbocycles. The Labute approximate surface area is 176 Å². The number of methoxy groups -OCH3 is 1. The second-order valence-corrected chi connectivity index (χ2v) is 9.64. The fourth-order valence-corrected chi connectivity index (χ4v) is 6.10. The van der Waals surface area contributed by atoms with E-state index in [1.165, 1.54) is 19.9 Å². The average molecular weight is 438 g/mol. The lowest BCUT2D eigenvalue weighted by Gasteiger charge is -2.36. The fraction of sp³-hybridized carbons (Fsp3) is 0.450. The molecule has 0 N–H and O–H groups in total. The summed E-state index contributed by atoms with van der Waals surface area (Å²) in [6, 6.07) is 11.7. The molecule has 158 valence electrons. The first-order valence-electron chi connectivity index (χ1n) is 9.70. The molecule has 0 unspecified atom stereocenters. The predicted molar refractivity (Wildman–Crippen MR) is 116 cm³/mol. The van der Waals surface area contributed by atoms with E-state index in [0.29, 0.717) is 49.9 Å². The van der Waals surface area contributed by atoms with Crippen molar-refractivity contribution >= 4 is 27.5 Å². The molecule has 1 amide bonds. The highest BCUT2D eigenvalue weighted by Gasteiger charge is 2.33. The second-order valence-electron chi connectivity index (χ2n) is 6.66. The van der Waals surface area contributed by atoms with E-state index in [2.05, 4.69) is 0 Å². The van der Waals surface area contributed by atoms with Gasteiger partial charge < -0.3 is 9.64 Å². The molecule has 2 aromatic rings. The maximum Gasteiger partial charge on any atom is 0.282 e. The zero-order chi connectivity index (χ0) is 21.0. The maximum absolute atomic E-state index is 13.1. The molecule has 29 heavy (non-hydrogen) atoms. The van der Waals surface area contributed by atoms with E-state index in [1.54, 1.807) is 12.0 Å². The van der Waals surface area contributed by atoms with Crippen LogP contribution in [0.15, 0.2) is 36.4 Å². The number of rotatable bonds is 7. The highest BCUT2D eigenvalue weighted by Crippen LogP contribution is 2.37. The van der Waals surface area contributed by atoms with Gasteiger partial charge in [-0.2, -0.15) is 17.0 Å². The van der Waals surface area contributed by atoms with Gasteiger partial charge in [-0.3, -0.25) is 4.79 Å². The van der Waals surface area contributed by atoms with Crippen molar-refractivity contribution in [3.8, 4) is 16.2 Å². The van der Waals surface area contributed by atoms with E-state index in [4.69, 9.17) is 4.74 Å². The molecule has 1 fully saturated rings. The SMILES string of the molecule is CCN(CC)S(=O)(=O)N1CCN(C(=O)c2sc(-c3ccccc3)cc2OC)CC1. The third kappa shape index (κ3) is 4.48. The summed E-state index contributed by atoms with van der Waals surface area (Å²) >= 11 is 1.40. The molecule has 0 bridgehead atoms. The maximum atomic E-state index is 13.1. The van der Waals surface area contributed by atoms with Crippen molar-refractivity contribution < 1.29 is 17.9 Å². The van der Waals surface area contributed by atoms with Gasteiger partial charge in [0.25, 0.3) is 16.1 Å². The zero-order valence-corrected chi connectivity index (χ0v) is 18.6. The summed E-state index contributed by atoms with van der Waals surface area (Å²) in [5, 5.41) is 0. The lowest BCUT2D eigenvalue weighted by Crippen LogP contribution is -2.54. The number of hydrogen-bond acceptors (Lipinski definition) is 5. The first kappa shape index (κ1) is 21.8. The van der Waals surface area contributed by atoms with E-state index < -0.39 is 10.2 Å². The number of ether oxygens (including phenoxy) is 1. The smallest absolute Gasteiger partial charge is 0.282 e. The van der Waals surface area contributed by atoms with Crippen LogP contribution in [0, 0.1) is 0 Å². The number of carbonyl (C=O) groups excluding carboxylic acids is 1. The van der Waals surface area contributed by atoms with Crippen molar-refractivity contribution in [1.29, 1.82) is 0 Å². The molecular formula is C20H27N3O4S2. The quantitative estimate of drug-likeness (QED) is 0.668. The van der Waals surface area contributed by atoms with Crippen LogP contribution in [0.1, 0.15) is 23.5 Å². The first-order valence-corrected chi connectivity index (χ1v) is 11.9. The number of nitrogens with zero attached hydrogens (tertiary/aromatic N) is 3. The standard InChI is InChI=1S/C20H27N3O4S2/c1-4-22(5-2)29(25,26)23-13-11-21(12-14-23)20(24)19-17(27-3)15-18(28-19)16-9-7-6-8-10-16/h6-10,15H,4-5,11-14H2,1-3H3. The second kappa shape index (κ2) is 9.25. The molecule has 0 spiro atoms. The van der Waals surface area contributed by atoms with Gasteiger partial charge >= 0.3 is 0 Å². The Morgan fingerprint density at radius 2 is 1.72 bits per heavy atom. The summed E-state index contributed by atoms with van der Waals surface area (Å²) in [5.74, 6) is 0.436. The summed E-state index contributed by atoms with van der Waals surface area (Å²) in [6.07, 6.45) is 0. The molecule has 1 saturated heterocycles. The third-order valence-electron chi connectivity index (χ3n) is 5.05. The molecule has 1 aliphatic rings. The Kier molecular flexibility index (Phi) is 6.94. The summed E-state index contributed by atoms with van der Waals surface area (Å²) in [6.45, 7) is 5.84. The van der Waals surface area contributed by atoms with Crippen LogP contribution < -0.4 is 4.74 Å². The highest BCUT2D eigenvalue weighted by molar-refractivity contribution is 7.86. The van der Waals surface area contributed by atoms with Crippen molar-refractivity contribution in [3.63, 3.8) is 0 Å². The molecule has 2 heterocycles. The van der Waals surface area contributed by atoms with E-state index in [0.717, 1.165) is 10.4 Å². The van der Waals surface area contributed by atoms with E-state index in [1.807, 2.05) is 50.2 Å². The molecule has 9 heteroatoms. The Bertz CT molecular complexity index is 932. The molecule has 0 radical (unpaired) electrons. The number of piperazine rings is 1. The molecule has 0 atom stereocenters. The number of thiophene rings is 1. The summed E-state index contributed by atoms with van der Waals surface area (Å²) < 4.78 is 33.7. The van der Waals surface area contributed by atoms with Gasteiger partial charge in [0, 0.05) is 44.1 Å². The Balaban J connectivity index is 1.74. The topological polar surface area (TPSA) is 70.2 Å². The van der Waals surface area contributed by atoms with Crippen molar-refractivity contribution in [3.05, 3.63) is 41.3 Å². The van der Waals surface area contributed by atoms with Gasteiger partial charge in [0.1, 0.15) is 10.6 Å². The van der Waals surface area contributed by atoms with Gasteiger partial charge in [0.2, 0.25) is 0 Å². The third-order valence-corrected chi connectivity index (χ3v) is 8.39. The van der Waals surface area contributed by atoms with Crippen LogP contribution in [-0.4, -0.2) is 74.2 Å². The summed E-state index contributed by atoms with van der Waals surface area (Å²) in [5.41, 5.74) is 1.03. The van der Waals surface area contributed by atoms with E-state index in [9.17, 15) is 13.2 Å². The van der Waals surface area contributed by atoms with Gasteiger partial charge in [-0.25, -0.2) is 0 Å². The minimum atomic E-state index is -3.48. The molecule has 1 aliphatic heterocycles. The fourth-order valence-electron chi connectivity index (χ4n) is 3.40. The number of hydrogen-bond donors (Lipinski definition) is 0. The highest BCUT2D eigenvalue weighted by atomic mass is 32.2. The Morgan fingerprint density at radius 3 is 2.28 bits per heavy atom. The van der Waals surface area contributed by atoms with Crippen molar-refractivity contribution in [2.24, 2.45) is 0 Å². The van der Waals surface area contributed by atoms with Gasteiger partial charge in [-0.05, 0) is 11.6 Å². The normalized spacial score (nSPS) is 15.7. The van der Waals surface area contributed by atoms with Gasteiger partial charge in [-0.1, -0.05) is 44.2 Å². The minimum Gasteiger partial charge on any atom is -0.495 e. The first-order chi connectivity index (χ1) is 13.9. The minimum absolute atomic E-state index is 0.117. The average Bonchev–Trinajstić information content (AvgIpc) is 3.19. The van der Waals surface area contributed by atoms with E-state index >= 15 is 0 Å². The molecule has 3 rings (SSSR count). The van der Waals surface area contributed by atoms with Gasteiger partial charge in [0.15, 0.2) is 0 Å². The largest absolute Gasteiger partial charge is 0.495 e. The van der Waals surface area contributed by atoms with Crippen LogP contribution in [0.3, 0.4) is 0 Å². The van der Waals surface area contributed by atoms with Crippen LogP contribution in [0.2, 0.25) is 0 Å². The number of carbonyl (C=O) groups is 1. The van der Waals surface area contributed by atoms with Crippen LogP contribution in [0.5, 0.6) is 5.75 Å². The summed E-state index contributed by atoms with van der Waals surface area (Å²) in [7, 11) is -1.92. The van der Waals surface area contributed by atoms with Crippen LogP contribution >= 0.6 is 11.3 Å². The van der Waals surface area contributed by atoms with Crippen LogP contribution in [0.25, 0.3) is 10.4 Å². The molecule has 1 aromatic heterocycles. The molecule has 7 nitrogen and oxygen atoms in total. The molecular weight excluding hydrogens is 410 g/mol. The number of benzene rings is 1. The monoisotopic (exact) mass is 437 g/mol. The lowest BCUT2D eigenvalue weighted by atomic mass is 10.2. The van der Waals surface area contributed by atoms with Crippen molar-refractivity contribution in [2.75, 3.05) is 46.4 Å². The lowest BCUT2D eigenvalue weighted by molar-refractivity contribution is 0.0696. The molecule has 1 aromatic carbocycles. The van der Waals surface area contributed by atoms with E-state index in [-0.39, 0.29) is 5.91 Å². The number of amides is 1. The van der Waals surface area contributed by atoms with Crippen LogP contribution in [-0.2, 0) is 10.2 Å². The van der Waals surface area contributed by atoms with Crippen molar-refractivity contribution in [1.82, 2.24) is 13.5 Å².